The Bertz CT molecular complexity index is 231. The lowest BCUT2D eigenvalue weighted by Crippen LogP contribution is -1.86. The fourth-order valence-corrected chi connectivity index (χ4v) is 0.710. The Balaban J connectivity index is 3.34. The van der Waals surface area contributed by atoms with E-state index >= 15 is 0 Å². The molecule has 0 saturated carbocycles. The highest BCUT2D eigenvalue weighted by Crippen LogP contribution is 2.30. The SMILES string of the molecule is Cc1c(O)ccc(N)c1O. The Hall–Kier alpha value is -1.38. The van der Waals surface area contributed by atoms with Gasteiger partial charge in [-0.25, -0.2) is 0 Å². The lowest BCUT2D eigenvalue weighted by molar-refractivity contribution is 0.445. The molecule has 0 heterocycles. The van der Waals surface area contributed by atoms with Crippen molar-refractivity contribution in [1.29, 1.82) is 0 Å². The average Bonchev–Trinajstić information content (AvgIpc) is 1.93. The number of anilines is 1. The summed E-state index contributed by atoms with van der Waals surface area (Å²) in [6.07, 6.45) is 0. The first kappa shape index (κ1) is 6.74. The van der Waals surface area contributed by atoms with Crippen molar-refractivity contribution < 1.29 is 10.2 Å². The summed E-state index contributed by atoms with van der Waals surface area (Å²) in [7, 11) is 0. The number of benzene rings is 1. The summed E-state index contributed by atoms with van der Waals surface area (Å²) in [5, 5.41) is 18.1. The van der Waals surface area contributed by atoms with E-state index in [4.69, 9.17) is 15.9 Å². The highest BCUT2D eigenvalue weighted by Gasteiger charge is 2.03. The maximum absolute atomic E-state index is 9.10. The third-order valence-corrected chi connectivity index (χ3v) is 1.43. The van der Waals surface area contributed by atoms with E-state index in [1.807, 2.05) is 0 Å². The molecule has 0 saturated heterocycles. The molecule has 10 heavy (non-hydrogen) atoms. The van der Waals surface area contributed by atoms with Gasteiger partial charge in [0.25, 0.3) is 0 Å². The van der Waals surface area contributed by atoms with E-state index < -0.39 is 0 Å². The van der Waals surface area contributed by atoms with Crippen molar-refractivity contribution in [3.05, 3.63) is 17.7 Å². The normalized spacial score (nSPS) is 9.70. The molecule has 0 aliphatic carbocycles. The topological polar surface area (TPSA) is 66.5 Å². The number of hydrogen-bond donors (Lipinski definition) is 3. The minimum atomic E-state index is -0.0417. The zero-order valence-corrected chi connectivity index (χ0v) is 5.63. The van der Waals surface area contributed by atoms with Gasteiger partial charge in [0, 0.05) is 5.56 Å². The minimum absolute atomic E-state index is 0.0417. The standard InChI is InChI=1S/C7H9NO2/c1-4-6(9)3-2-5(8)7(4)10/h2-3,9-10H,8H2,1H3. The average molecular weight is 139 g/mol. The highest BCUT2D eigenvalue weighted by atomic mass is 16.3. The van der Waals surface area contributed by atoms with Gasteiger partial charge in [-0.15, -0.1) is 0 Å². The number of phenolic OH excluding ortho intramolecular Hbond substituents is 2. The van der Waals surface area contributed by atoms with E-state index in [0.29, 0.717) is 5.56 Å². The molecule has 1 aromatic carbocycles. The van der Waals surface area contributed by atoms with E-state index in [9.17, 15) is 0 Å². The van der Waals surface area contributed by atoms with E-state index in [0.717, 1.165) is 0 Å². The summed E-state index contributed by atoms with van der Waals surface area (Å²) >= 11 is 0. The first-order valence-corrected chi connectivity index (χ1v) is 2.90. The second-order valence-corrected chi connectivity index (χ2v) is 2.15. The zero-order chi connectivity index (χ0) is 7.72. The molecule has 0 unspecified atom stereocenters. The maximum atomic E-state index is 9.10. The van der Waals surface area contributed by atoms with Crippen LogP contribution in [0.1, 0.15) is 5.56 Å². The fourth-order valence-electron chi connectivity index (χ4n) is 0.710. The van der Waals surface area contributed by atoms with Crippen molar-refractivity contribution in [2.75, 3.05) is 5.73 Å². The molecule has 0 atom stereocenters. The first-order chi connectivity index (χ1) is 4.63. The molecule has 0 fully saturated rings. The highest BCUT2D eigenvalue weighted by molar-refractivity contribution is 5.59. The molecule has 0 aliphatic heterocycles. The van der Waals surface area contributed by atoms with Gasteiger partial charge in [-0.05, 0) is 19.1 Å². The molecule has 3 heteroatoms. The Labute approximate surface area is 58.7 Å². The van der Waals surface area contributed by atoms with Gasteiger partial charge in [0.05, 0.1) is 5.69 Å². The van der Waals surface area contributed by atoms with Gasteiger partial charge in [-0.2, -0.15) is 0 Å². The van der Waals surface area contributed by atoms with Crippen LogP contribution >= 0.6 is 0 Å². The third-order valence-electron chi connectivity index (χ3n) is 1.43. The van der Waals surface area contributed by atoms with E-state index in [-0.39, 0.29) is 17.2 Å². The maximum Gasteiger partial charge on any atom is 0.145 e. The van der Waals surface area contributed by atoms with Crippen LogP contribution in [0.4, 0.5) is 5.69 Å². The van der Waals surface area contributed by atoms with Crippen LogP contribution in [0.25, 0.3) is 0 Å². The number of nitrogens with two attached hydrogens (primary N) is 1. The molecule has 1 aromatic rings. The van der Waals surface area contributed by atoms with E-state index in [1.54, 1.807) is 6.92 Å². The van der Waals surface area contributed by atoms with Crippen LogP contribution in [0.2, 0.25) is 0 Å². The first-order valence-electron chi connectivity index (χ1n) is 2.90. The second-order valence-electron chi connectivity index (χ2n) is 2.15. The molecule has 0 spiro atoms. The summed E-state index contributed by atoms with van der Waals surface area (Å²) < 4.78 is 0. The monoisotopic (exact) mass is 139 g/mol. The molecule has 3 nitrogen and oxygen atoms in total. The number of nitrogen functional groups attached to an aromatic ring is 1. The van der Waals surface area contributed by atoms with Gasteiger partial charge < -0.3 is 15.9 Å². The summed E-state index contributed by atoms with van der Waals surface area (Å²) in [6, 6.07) is 2.90. The predicted octanol–water partition coefficient (Wildman–Crippen LogP) is 0.988. The smallest absolute Gasteiger partial charge is 0.145 e. The van der Waals surface area contributed by atoms with Crippen LogP contribution in [-0.4, -0.2) is 10.2 Å². The molecule has 0 aliphatic rings. The fraction of sp³-hybridized carbons (Fsp3) is 0.143. The van der Waals surface area contributed by atoms with E-state index in [1.165, 1.54) is 12.1 Å². The number of rotatable bonds is 0. The van der Waals surface area contributed by atoms with Gasteiger partial charge in [0.2, 0.25) is 0 Å². The van der Waals surface area contributed by atoms with Crippen molar-refractivity contribution in [3.8, 4) is 11.5 Å². The van der Waals surface area contributed by atoms with Crippen LogP contribution in [0.15, 0.2) is 12.1 Å². The lowest BCUT2D eigenvalue weighted by Gasteiger charge is -2.03. The molecule has 54 valence electrons. The van der Waals surface area contributed by atoms with E-state index in [2.05, 4.69) is 0 Å². The molecule has 0 aromatic heterocycles. The minimum Gasteiger partial charge on any atom is -0.508 e. The molecule has 0 amide bonds. The summed E-state index contributed by atoms with van der Waals surface area (Å²) in [4.78, 5) is 0. The molecule has 0 bridgehead atoms. The number of aromatic hydroxyl groups is 2. The Kier molecular flexibility index (Phi) is 1.41. The molecular weight excluding hydrogens is 130 g/mol. The van der Waals surface area contributed by atoms with Crippen LogP contribution in [0, 0.1) is 6.92 Å². The predicted molar refractivity (Wildman–Crippen MR) is 38.9 cm³/mol. The van der Waals surface area contributed by atoms with Crippen molar-refractivity contribution in [1.82, 2.24) is 0 Å². The number of hydrogen-bond acceptors (Lipinski definition) is 3. The van der Waals surface area contributed by atoms with Crippen LogP contribution < -0.4 is 5.73 Å². The zero-order valence-electron chi connectivity index (χ0n) is 5.63. The van der Waals surface area contributed by atoms with Crippen molar-refractivity contribution in [2.45, 2.75) is 6.92 Å². The lowest BCUT2D eigenvalue weighted by atomic mass is 10.2. The van der Waals surface area contributed by atoms with Crippen LogP contribution in [0.3, 0.4) is 0 Å². The van der Waals surface area contributed by atoms with Gasteiger partial charge in [0.15, 0.2) is 0 Å². The molecular formula is C7H9NO2. The summed E-state index contributed by atoms with van der Waals surface area (Å²) in [5.74, 6) is 0.0201. The van der Waals surface area contributed by atoms with Crippen molar-refractivity contribution in [3.63, 3.8) is 0 Å². The molecule has 1 rings (SSSR count). The van der Waals surface area contributed by atoms with Crippen LogP contribution in [-0.2, 0) is 0 Å². The molecule has 4 N–H and O–H groups in total. The van der Waals surface area contributed by atoms with Crippen molar-refractivity contribution >= 4 is 5.69 Å². The van der Waals surface area contributed by atoms with Crippen molar-refractivity contribution in [2.24, 2.45) is 0 Å². The van der Waals surface area contributed by atoms with Gasteiger partial charge in [-0.3, -0.25) is 0 Å². The largest absolute Gasteiger partial charge is 0.508 e. The Morgan fingerprint density at radius 3 is 2.40 bits per heavy atom. The summed E-state index contributed by atoms with van der Waals surface area (Å²) in [5.41, 5.74) is 6.03. The number of phenols is 2. The van der Waals surface area contributed by atoms with Gasteiger partial charge in [0.1, 0.15) is 11.5 Å². The Morgan fingerprint density at radius 2 is 1.90 bits per heavy atom. The third kappa shape index (κ3) is 0.857. The Morgan fingerprint density at radius 1 is 1.30 bits per heavy atom. The second kappa shape index (κ2) is 2.10. The quantitative estimate of drug-likeness (QED) is 0.285. The summed E-state index contributed by atoms with van der Waals surface area (Å²) in [6.45, 7) is 1.60. The molecule has 0 radical (unpaired) electrons. The van der Waals surface area contributed by atoms with Gasteiger partial charge in [-0.1, -0.05) is 0 Å². The van der Waals surface area contributed by atoms with Gasteiger partial charge >= 0.3 is 0 Å². The van der Waals surface area contributed by atoms with Crippen LogP contribution in [0.5, 0.6) is 11.5 Å².